The molecule has 2 aromatic heterocycles. The fourth-order valence-corrected chi connectivity index (χ4v) is 9.45. The van der Waals surface area contributed by atoms with Crippen molar-refractivity contribution in [2.75, 3.05) is 0 Å². The highest BCUT2D eigenvalue weighted by atomic mass is 16.3. The van der Waals surface area contributed by atoms with Crippen molar-refractivity contribution in [1.82, 2.24) is 4.57 Å². The van der Waals surface area contributed by atoms with Gasteiger partial charge in [-0.2, -0.15) is 0 Å². The van der Waals surface area contributed by atoms with E-state index in [1.807, 2.05) is 0 Å². The Labute approximate surface area is 315 Å². The Kier molecular flexibility index (Phi) is 6.36. The normalized spacial score (nSPS) is 16.6. The van der Waals surface area contributed by atoms with E-state index >= 15 is 0 Å². The van der Waals surface area contributed by atoms with E-state index in [2.05, 4.69) is 186 Å². The largest absolute Gasteiger partial charge is 0.456 e. The molecule has 262 valence electrons. The van der Waals surface area contributed by atoms with Gasteiger partial charge in [0.15, 0.2) is 0 Å². The van der Waals surface area contributed by atoms with Crippen molar-refractivity contribution in [3.63, 3.8) is 0 Å². The highest BCUT2D eigenvalue weighted by Crippen LogP contribution is 2.53. The number of para-hydroxylation sites is 1. The lowest BCUT2D eigenvalue weighted by Gasteiger charge is -2.22. The molecule has 0 saturated carbocycles. The number of furan rings is 1. The molecule has 2 atom stereocenters. The number of rotatable bonds is 2. The summed E-state index contributed by atoms with van der Waals surface area (Å²) in [6.07, 6.45) is 5.07. The first kappa shape index (κ1) is 31.6. The zero-order valence-electron chi connectivity index (χ0n) is 31.8. The predicted molar refractivity (Wildman–Crippen MR) is 229 cm³/mol. The number of benzene rings is 7. The molecule has 11 rings (SSSR count). The van der Waals surface area contributed by atoms with Crippen LogP contribution in [0.25, 0.3) is 88.9 Å². The number of hydrogen-bond donors (Lipinski definition) is 0. The molecule has 0 N–H and O–H groups in total. The average Bonchev–Trinajstić information content (AvgIpc) is 3.80. The van der Waals surface area contributed by atoms with Gasteiger partial charge in [-0.15, -0.1) is 0 Å². The summed E-state index contributed by atoms with van der Waals surface area (Å²) in [6.45, 7) is 13.6. The van der Waals surface area contributed by atoms with Crippen molar-refractivity contribution in [2.24, 2.45) is 0 Å². The molecule has 1 aliphatic carbocycles. The maximum absolute atomic E-state index is 6.64. The summed E-state index contributed by atoms with van der Waals surface area (Å²) < 4.78 is 9.29. The van der Waals surface area contributed by atoms with Crippen LogP contribution in [0.3, 0.4) is 0 Å². The van der Waals surface area contributed by atoms with Crippen molar-refractivity contribution in [3.8, 4) is 22.3 Å². The van der Waals surface area contributed by atoms with Crippen LogP contribution in [0.4, 0.5) is 0 Å². The molecule has 0 fully saturated rings. The molecular formula is C52H43NO. The maximum atomic E-state index is 6.64. The van der Waals surface area contributed by atoms with Crippen molar-refractivity contribution in [1.29, 1.82) is 0 Å². The van der Waals surface area contributed by atoms with Gasteiger partial charge < -0.3 is 8.98 Å². The van der Waals surface area contributed by atoms with E-state index in [4.69, 9.17) is 4.42 Å². The van der Waals surface area contributed by atoms with E-state index in [0.717, 1.165) is 11.2 Å². The van der Waals surface area contributed by atoms with E-state index in [-0.39, 0.29) is 22.8 Å². The summed E-state index contributed by atoms with van der Waals surface area (Å²) in [7, 11) is 0. The van der Waals surface area contributed by atoms with E-state index in [1.54, 1.807) is 0 Å². The maximum Gasteiger partial charge on any atom is 0.136 e. The van der Waals surface area contributed by atoms with Gasteiger partial charge in [0.1, 0.15) is 11.2 Å². The first-order valence-electron chi connectivity index (χ1n) is 19.4. The summed E-state index contributed by atoms with van der Waals surface area (Å²) in [5.41, 5.74) is 13.9. The molecule has 9 aromatic rings. The van der Waals surface area contributed by atoms with Crippen LogP contribution >= 0.6 is 0 Å². The molecule has 0 saturated heterocycles. The highest BCUT2D eigenvalue weighted by Gasteiger charge is 2.38. The van der Waals surface area contributed by atoms with Gasteiger partial charge in [-0.25, -0.2) is 0 Å². The van der Waals surface area contributed by atoms with Crippen LogP contribution in [0.5, 0.6) is 0 Å². The molecule has 2 aliphatic rings. The van der Waals surface area contributed by atoms with Crippen LogP contribution in [0, 0.1) is 0 Å². The van der Waals surface area contributed by atoms with Crippen LogP contribution in [0.15, 0.2) is 132 Å². The molecule has 0 amide bonds. The molecule has 2 unspecified atom stereocenters. The summed E-state index contributed by atoms with van der Waals surface area (Å²) in [5, 5.41) is 10.1. The van der Waals surface area contributed by atoms with Crippen molar-refractivity contribution >= 4 is 66.7 Å². The van der Waals surface area contributed by atoms with Crippen LogP contribution in [0.1, 0.15) is 70.2 Å². The summed E-state index contributed by atoms with van der Waals surface area (Å²) >= 11 is 0. The highest BCUT2D eigenvalue weighted by molar-refractivity contribution is 6.22. The predicted octanol–water partition coefficient (Wildman–Crippen LogP) is 12.7. The fraction of sp³-hybridized carbons (Fsp3) is 0.192. The lowest BCUT2D eigenvalue weighted by Crippen LogP contribution is -2.31. The monoisotopic (exact) mass is 697 g/mol. The Bertz CT molecular complexity index is 3160. The Balaban J connectivity index is 1.14. The number of aromatic nitrogens is 1. The molecule has 1 aliphatic heterocycles. The van der Waals surface area contributed by atoms with E-state index in [0.29, 0.717) is 0 Å². The van der Waals surface area contributed by atoms with Gasteiger partial charge in [0.05, 0.1) is 17.1 Å². The minimum atomic E-state index is 0.130. The zero-order valence-corrected chi connectivity index (χ0v) is 31.8. The van der Waals surface area contributed by atoms with Gasteiger partial charge in [-0.1, -0.05) is 145 Å². The Morgan fingerprint density at radius 3 is 1.85 bits per heavy atom. The van der Waals surface area contributed by atoms with Crippen molar-refractivity contribution < 1.29 is 4.42 Å². The van der Waals surface area contributed by atoms with E-state index in [9.17, 15) is 0 Å². The SMILES string of the molecule is CC(C)(C)c1ccc(-c2ccc3c(c2)=CC2C(C=3)c3c4c(cc5c6cc7ccc(-c8ccc(C(C)(C)C)cc8)cc7cc6n2c35)oc2ccccc24)cc1. The smallest absolute Gasteiger partial charge is 0.136 e. The Morgan fingerprint density at radius 1 is 0.500 bits per heavy atom. The molecular weight excluding hydrogens is 655 g/mol. The van der Waals surface area contributed by atoms with Crippen LogP contribution in [-0.2, 0) is 10.8 Å². The lowest BCUT2D eigenvalue weighted by atomic mass is 9.84. The third kappa shape index (κ3) is 4.59. The van der Waals surface area contributed by atoms with Gasteiger partial charge in [0, 0.05) is 27.5 Å². The topological polar surface area (TPSA) is 18.1 Å². The Morgan fingerprint density at radius 2 is 1.15 bits per heavy atom. The van der Waals surface area contributed by atoms with Gasteiger partial charge >= 0.3 is 0 Å². The zero-order chi connectivity index (χ0) is 36.7. The molecule has 0 spiro atoms. The second-order valence-electron chi connectivity index (χ2n) is 17.8. The van der Waals surface area contributed by atoms with Crippen molar-refractivity contribution in [3.05, 3.63) is 155 Å². The third-order valence-corrected chi connectivity index (χ3v) is 12.4. The summed E-state index contributed by atoms with van der Waals surface area (Å²) in [5.74, 6) is 0.199. The number of hydrogen-bond acceptors (Lipinski definition) is 1. The molecule has 2 nitrogen and oxygen atoms in total. The molecule has 54 heavy (non-hydrogen) atoms. The standard InChI is InChI=1S/C52H43NO/c1-51(2,3)38-19-15-30(16-20-38)32-11-13-34-25-41-42-29-47-48(40-9-7-8-10-46(40)54-47)49-43-26-35-14-12-33(31-17-21-39(22-18-31)52(4,5)6)24-37(35)28-45(43)53(50(42)49)44(41)27-36(34)23-32/h7-29,43,45H,1-6H3. The van der Waals surface area contributed by atoms with Gasteiger partial charge in [-0.3, -0.25) is 0 Å². The average molecular weight is 698 g/mol. The number of nitrogens with zero attached hydrogens (tertiary/aromatic N) is 1. The minimum Gasteiger partial charge on any atom is -0.456 e. The van der Waals surface area contributed by atoms with E-state index < -0.39 is 0 Å². The first-order chi connectivity index (χ1) is 26.0. The lowest BCUT2D eigenvalue weighted by molar-refractivity contribution is 0.590. The molecule has 7 aromatic carbocycles. The van der Waals surface area contributed by atoms with Crippen LogP contribution in [-0.4, -0.2) is 4.57 Å². The first-order valence-corrected chi connectivity index (χ1v) is 19.4. The van der Waals surface area contributed by atoms with Gasteiger partial charge in [-0.05, 0) is 107 Å². The Hall–Kier alpha value is -5.86. The minimum absolute atomic E-state index is 0.130. The molecule has 0 bridgehead atoms. The molecule has 3 heterocycles. The van der Waals surface area contributed by atoms with Gasteiger partial charge in [0.2, 0.25) is 0 Å². The van der Waals surface area contributed by atoms with Crippen LogP contribution < -0.4 is 10.4 Å². The third-order valence-electron chi connectivity index (χ3n) is 12.4. The van der Waals surface area contributed by atoms with Crippen molar-refractivity contribution in [2.45, 2.75) is 64.3 Å². The van der Waals surface area contributed by atoms with E-state index in [1.165, 1.54) is 92.7 Å². The van der Waals surface area contributed by atoms with Crippen LogP contribution in [0.2, 0.25) is 0 Å². The second kappa shape index (κ2) is 10.9. The molecule has 2 heteroatoms. The molecule has 0 radical (unpaired) electrons. The summed E-state index contributed by atoms with van der Waals surface area (Å²) in [4.78, 5) is 0. The van der Waals surface area contributed by atoms with Gasteiger partial charge in [0.25, 0.3) is 0 Å². The quantitative estimate of drug-likeness (QED) is 0.176. The second-order valence-corrected chi connectivity index (χ2v) is 17.8. The number of fused-ring (bicyclic) bond motifs is 12. The summed E-state index contributed by atoms with van der Waals surface area (Å²) in [6, 6.07) is 48.1. The fourth-order valence-electron chi connectivity index (χ4n) is 9.45.